The number of rotatable bonds is 4. The van der Waals surface area contributed by atoms with Crippen LogP contribution in [-0.4, -0.2) is 19.1 Å². The van der Waals surface area contributed by atoms with Gasteiger partial charge in [0.15, 0.2) is 0 Å². The highest BCUT2D eigenvalue weighted by Gasteiger charge is 2.17. The van der Waals surface area contributed by atoms with E-state index in [0.717, 1.165) is 31.7 Å². The average Bonchev–Trinajstić information content (AvgIpc) is 2.55. The average molecular weight is 296 g/mol. The van der Waals surface area contributed by atoms with Gasteiger partial charge in [0.2, 0.25) is 0 Å². The number of hydrogen-bond donors (Lipinski definition) is 1. The normalized spacial score (nSPS) is 15.8. The summed E-state index contributed by atoms with van der Waals surface area (Å²) in [5.74, 6) is 0.929. The summed E-state index contributed by atoms with van der Waals surface area (Å²) in [6.07, 6.45) is 2.15. The van der Waals surface area contributed by atoms with E-state index in [1.807, 2.05) is 18.2 Å². The van der Waals surface area contributed by atoms with E-state index >= 15 is 0 Å². The van der Waals surface area contributed by atoms with Crippen molar-refractivity contribution in [1.29, 1.82) is 0 Å². The first-order chi connectivity index (χ1) is 10.7. The standard InChI is InChI=1S/C19H24N2O/c1-15-13-18(22-14-16-5-3-2-4-6-16)7-8-19(15)21-11-9-17(20)10-12-21/h2-8,13,17H,9-12,14,20H2,1H3. The first-order valence-corrected chi connectivity index (χ1v) is 8.00. The van der Waals surface area contributed by atoms with Crippen LogP contribution >= 0.6 is 0 Å². The molecule has 1 aliphatic rings. The molecule has 22 heavy (non-hydrogen) atoms. The highest BCUT2D eigenvalue weighted by Crippen LogP contribution is 2.27. The first-order valence-electron chi connectivity index (χ1n) is 8.00. The highest BCUT2D eigenvalue weighted by atomic mass is 16.5. The summed E-state index contributed by atoms with van der Waals surface area (Å²) in [6, 6.07) is 17.0. The Labute approximate surface area is 132 Å². The lowest BCUT2D eigenvalue weighted by molar-refractivity contribution is 0.306. The Morgan fingerprint density at radius 3 is 2.50 bits per heavy atom. The topological polar surface area (TPSA) is 38.5 Å². The monoisotopic (exact) mass is 296 g/mol. The molecular weight excluding hydrogens is 272 g/mol. The molecule has 1 aliphatic heterocycles. The summed E-state index contributed by atoms with van der Waals surface area (Å²) >= 11 is 0. The fraction of sp³-hybridized carbons (Fsp3) is 0.368. The Morgan fingerprint density at radius 2 is 1.82 bits per heavy atom. The van der Waals surface area contributed by atoms with Gasteiger partial charge in [-0.05, 0) is 49.1 Å². The van der Waals surface area contributed by atoms with Gasteiger partial charge in [-0.3, -0.25) is 0 Å². The molecule has 0 spiro atoms. The van der Waals surface area contributed by atoms with E-state index in [4.69, 9.17) is 10.5 Å². The van der Waals surface area contributed by atoms with E-state index in [-0.39, 0.29) is 0 Å². The second-order valence-corrected chi connectivity index (χ2v) is 6.05. The zero-order valence-corrected chi connectivity index (χ0v) is 13.2. The van der Waals surface area contributed by atoms with Crippen LogP contribution in [-0.2, 0) is 6.61 Å². The number of benzene rings is 2. The molecule has 0 amide bonds. The van der Waals surface area contributed by atoms with Crippen LogP contribution in [0.1, 0.15) is 24.0 Å². The number of aryl methyl sites for hydroxylation is 1. The van der Waals surface area contributed by atoms with E-state index in [2.05, 4.69) is 42.2 Å². The lowest BCUT2D eigenvalue weighted by Gasteiger charge is -2.33. The lowest BCUT2D eigenvalue weighted by Crippen LogP contribution is -2.39. The zero-order chi connectivity index (χ0) is 15.4. The van der Waals surface area contributed by atoms with Crippen LogP contribution in [0.25, 0.3) is 0 Å². The fourth-order valence-corrected chi connectivity index (χ4v) is 2.95. The Bertz CT molecular complexity index is 604. The molecule has 1 saturated heterocycles. The summed E-state index contributed by atoms with van der Waals surface area (Å²) in [5.41, 5.74) is 9.74. The van der Waals surface area contributed by atoms with E-state index < -0.39 is 0 Å². The van der Waals surface area contributed by atoms with Crippen LogP contribution in [0.2, 0.25) is 0 Å². The SMILES string of the molecule is Cc1cc(OCc2ccccc2)ccc1N1CCC(N)CC1. The number of ether oxygens (including phenoxy) is 1. The van der Waals surface area contributed by atoms with Crippen molar-refractivity contribution >= 4 is 5.69 Å². The zero-order valence-electron chi connectivity index (χ0n) is 13.2. The van der Waals surface area contributed by atoms with Crippen molar-refractivity contribution < 1.29 is 4.74 Å². The maximum atomic E-state index is 5.99. The summed E-state index contributed by atoms with van der Waals surface area (Å²) in [6.45, 7) is 4.86. The molecule has 0 atom stereocenters. The third kappa shape index (κ3) is 3.60. The van der Waals surface area contributed by atoms with Crippen molar-refractivity contribution in [2.24, 2.45) is 5.73 Å². The van der Waals surface area contributed by atoms with Crippen molar-refractivity contribution in [1.82, 2.24) is 0 Å². The van der Waals surface area contributed by atoms with Crippen molar-refractivity contribution in [2.45, 2.75) is 32.4 Å². The summed E-state index contributed by atoms with van der Waals surface area (Å²) in [4.78, 5) is 2.43. The van der Waals surface area contributed by atoms with Crippen molar-refractivity contribution in [3.05, 3.63) is 59.7 Å². The van der Waals surface area contributed by atoms with Crippen LogP contribution in [0.3, 0.4) is 0 Å². The van der Waals surface area contributed by atoms with Crippen molar-refractivity contribution in [3.8, 4) is 5.75 Å². The number of hydrogen-bond acceptors (Lipinski definition) is 3. The van der Waals surface area contributed by atoms with Crippen LogP contribution in [0, 0.1) is 6.92 Å². The molecule has 0 aliphatic carbocycles. The maximum absolute atomic E-state index is 5.99. The molecule has 3 rings (SSSR count). The molecule has 0 aromatic heterocycles. The van der Waals surface area contributed by atoms with Crippen LogP contribution in [0.5, 0.6) is 5.75 Å². The number of piperidine rings is 1. The molecule has 0 unspecified atom stereocenters. The van der Waals surface area contributed by atoms with Crippen molar-refractivity contribution in [2.75, 3.05) is 18.0 Å². The van der Waals surface area contributed by atoms with Gasteiger partial charge in [0.1, 0.15) is 12.4 Å². The van der Waals surface area contributed by atoms with Gasteiger partial charge in [0.25, 0.3) is 0 Å². The molecule has 116 valence electrons. The smallest absolute Gasteiger partial charge is 0.120 e. The Balaban J connectivity index is 1.64. The molecule has 0 bridgehead atoms. The number of anilines is 1. The van der Waals surface area contributed by atoms with Crippen LogP contribution < -0.4 is 15.4 Å². The largest absolute Gasteiger partial charge is 0.489 e. The van der Waals surface area contributed by atoms with Gasteiger partial charge in [-0.15, -0.1) is 0 Å². The molecule has 3 nitrogen and oxygen atoms in total. The molecule has 2 aromatic carbocycles. The summed E-state index contributed by atoms with van der Waals surface area (Å²) in [7, 11) is 0. The van der Waals surface area contributed by atoms with Gasteiger partial charge in [0.05, 0.1) is 0 Å². The van der Waals surface area contributed by atoms with E-state index in [1.165, 1.54) is 16.8 Å². The van der Waals surface area contributed by atoms with Gasteiger partial charge >= 0.3 is 0 Å². The van der Waals surface area contributed by atoms with E-state index in [1.54, 1.807) is 0 Å². The Morgan fingerprint density at radius 1 is 1.09 bits per heavy atom. The molecular formula is C19H24N2O. The highest BCUT2D eigenvalue weighted by molar-refractivity contribution is 5.56. The quantitative estimate of drug-likeness (QED) is 0.938. The fourth-order valence-electron chi connectivity index (χ4n) is 2.95. The molecule has 0 radical (unpaired) electrons. The number of nitrogens with two attached hydrogens (primary N) is 1. The minimum Gasteiger partial charge on any atom is -0.489 e. The second-order valence-electron chi connectivity index (χ2n) is 6.05. The second kappa shape index (κ2) is 6.84. The van der Waals surface area contributed by atoms with Crippen LogP contribution in [0.4, 0.5) is 5.69 Å². The third-order valence-corrected chi connectivity index (χ3v) is 4.30. The molecule has 0 saturated carbocycles. The Hall–Kier alpha value is -2.00. The molecule has 1 heterocycles. The first kappa shape index (κ1) is 14.9. The lowest BCUT2D eigenvalue weighted by atomic mass is 10.0. The summed E-state index contributed by atoms with van der Waals surface area (Å²) < 4.78 is 5.89. The minimum absolute atomic E-state index is 0.366. The Kier molecular flexibility index (Phi) is 4.64. The van der Waals surface area contributed by atoms with Gasteiger partial charge in [-0.1, -0.05) is 30.3 Å². The minimum atomic E-state index is 0.366. The van der Waals surface area contributed by atoms with Gasteiger partial charge in [-0.25, -0.2) is 0 Å². The maximum Gasteiger partial charge on any atom is 0.120 e. The van der Waals surface area contributed by atoms with Crippen molar-refractivity contribution in [3.63, 3.8) is 0 Å². The third-order valence-electron chi connectivity index (χ3n) is 4.30. The molecule has 2 aromatic rings. The van der Waals surface area contributed by atoms with E-state index in [0.29, 0.717) is 12.6 Å². The molecule has 3 heteroatoms. The van der Waals surface area contributed by atoms with Crippen LogP contribution in [0.15, 0.2) is 48.5 Å². The van der Waals surface area contributed by atoms with Gasteiger partial charge < -0.3 is 15.4 Å². The van der Waals surface area contributed by atoms with Gasteiger partial charge in [-0.2, -0.15) is 0 Å². The van der Waals surface area contributed by atoms with Gasteiger partial charge in [0, 0.05) is 24.8 Å². The molecule has 1 fully saturated rings. The van der Waals surface area contributed by atoms with E-state index in [9.17, 15) is 0 Å². The number of nitrogens with zero attached hydrogens (tertiary/aromatic N) is 1. The molecule has 2 N–H and O–H groups in total. The predicted molar refractivity (Wildman–Crippen MR) is 91.4 cm³/mol. The summed E-state index contributed by atoms with van der Waals surface area (Å²) in [5, 5.41) is 0. The predicted octanol–water partition coefficient (Wildman–Crippen LogP) is 3.50.